The van der Waals surface area contributed by atoms with E-state index >= 15 is 0 Å². The molecule has 5 aromatic carbocycles. The lowest BCUT2D eigenvalue weighted by Crippen LogP contribution is -2.10. The number of rotatable bonds is 14. The molecular formula is C40H42O12. The highest BCUT2D eigenvalue weighted by molar-refractivity contribution is 5.67. The summed E-state index contributed by atoms with van der Waals surface area (Å²) in [5, 5.41) is 44.5. The molecule has 274 valence electrons. The van der Waals surface area contributed by atoms with Gasteiger partial charge in [-0.05, 0) is 35.4 Å². The first-order chi connectivity index (χ1) is 25.1. The number of ether oxygens (including phenoxy) is 8. The largest absolute Gasteiger partial charge is 0.502 e. The normalized spacial score (nSPS) is 11.0. The second kappa shape index (κ2) is 15.7. The van der Waals surface area contributed by atoms with E-state index in [0.29, 0.717) is 22.3 Å². The van der Waals surface area contributed by atoms with Gasteiger partial charge in [0.05, 0.1) is 56.9 Å². The molecule has 0 amide bonds. The van der Waals surface area contributed by atoms with E-state index in [2.05, 4.69) is 0 Å². The molecular weight excluding hydrogens is 672 g/mol. The molecule has 4 N–H and O–H groups in total. The average molecular weight is 715 g/mol. The first-order valence-electron chi connectivity index (χ1n) is 16.0. The van der Waals surface area contributed by atoms with Crippen LogP contribution in [0.1, 0.15) is 45.2 Å². The Morgan fingerprint density at radius 2 is 0.519 bits per heavy atom. The van der Waals surface area contributed by atoms with E-state index in [1.165, 1.54) is 56.9 Å². The maximum Gasteiger partial charge on any atom is 0.201 e. The van der Waals surface area contributed by atoms with Gasteiger partial charge in [0.25, 0.3) is 0 Å². The molecule has 0 atom stereocenters. The van der Waals surface area contributed by atoms with E-state index in [0.717, 1.165) is 11.1 Å². The van der Waals surface area contributed by atoms with Crippen molar-refractivity contribution in [2.24, 2.45) is 0 Å². The topological polar surface area (TPSA) is 155 Å². The van der Waals surface area contributed by atoms with Crippen LogP contribution in [0.4, 0.5) is 0 Å². The fraction of sp³-hybridized carbons (Fsp3) is 0.250. The Kier molecular flexibility index (Phi) is 11.2. The minimum Gasteiger partial charge on any atom is -0.502 e. The molecule has 0 fully saturated rings. The number of phenolic OH excluding ortho intramolecular Hbond substituents is 4. The van der Waals surface area contributed by atoms with E-state index in [9.17, 15) is 20.4 Å². The third-order valence-electron chi connectivity index (χ3n) is 9.04. The standard InChI is InChI=1S/C40H42O12/c1-45-27-17-13-23(37(49-5)33(27)41)31(24-14-18-28(46-2)34(42)38(24)50-6)21-9-11-22(12-10-21)32(25-15-19-29(47-3)35(43)39(25)51-7)26-16-20-30(48-4)36(44)40(26)52-8/h9-20,31-32,41-44H,1-8H3. The highest BCUT2D eigenvalue weighted by atomic mass is 16.5. The second-order valence-corrected chi connectivity index (χ2v) is 11.5. The van der Waals surface area contributed by atoms with E-state index in [4.69, 9.17) is 37.9 Å². The van der Waals surface area contributed by atoms with Crippen molar-refractivity contribution in [1.29, 1.82) is 0 Å². The molecule has 0 aromatic heterocycles. The zero-order chi connectivity index (χ0) is 37.7. The lowest BCUT2D eigenvalue weighted by Gasteiger charge is -2.27. The van der Waals surface area contributed by atoms with Gasteiger partial charge in [-0.2, -0.15) is 0 Å². The van der Waals surface area contributed by atoms with Crippen molar-refractivity contribution in [2.45, 2.75) is 11.8 Å². The van der Waals surface area contributed by atoms with Crippen LogP contribution in [0.2, 0.25) is 0 Å². The van der Waals surface area contributed by atoms with Crippen LogP contribution in [0.5, 0.6) is 69.0 Å². The summed E-state index contributed by atoms with van der Waals surface area (Å²) >= 11 is 0. The SMILES string of the molecule is COc1ccc(C(c2ccc(C(c3ccc(OC)c(O)c3OC)c3ccc(OC)c(O)c3OC)cc2)c2ccc(OC)c(O)c2OC)c(OC)c1O. The van der Waals surface area contributed by atoms with Crippen molar-refractivity contribution in [3.05, 3.63) is 106 Å². The lowest BCUT2D eigenvalue weighted by molar-refractivity contribution is 0.333. The third-order valence-corrected chi connectivity index (χ3v) is 9.04. The van der Waals surface area contributed by atoms with E-state index in [-0.39, 0.29) is 69.0 Å². The highest BCUT2D eigenvalue weighted by Gasteiger charge is 2.32. The van der Waals surface area contributed by atoms with Gasteiger partial charge in [-0.3, -0.25) is 0 Å². The van der Waals surface area contributed by atoms with Crippen molar-refractivity contribution in [3.63, 3.8) is 0 Å². The number of benzene rings is 5. The monoisotopic (exact) mass is 714 g/mol. The van der Waals surface area contributed by atoms with Crippen molar-refractivity contribution in [1.82, 2.24) is 0 Å². The minimum absolute atomic E-state index is 0.167. The van der Waals surface area contributed by atoms with Crippen molar-refractivity contribution >= 4 is 0 Å². The third kappa shape index (κ3) is 6.39. The summed E-state index contributed by atoms with van der Waals surface area (Å²) in [5.74, 6) is -0.566. The molecule has 12 nitrogen and oxygen atoms in total. The second-order valence-electron chi connectivity index (χ2n) is 11.5. The van der Waals surface area contributed by atoms with Crippen LogP contribution in [0, 0.1) is 0 Å². The van der Waals surface area contributed by atoms with Crippen molar-refractivity contribution in [3.8, 4) is 69.0 Å². The van der Waals surface area contributed by atoms with Gasteiger partial charge in [-0.1, -0.05) is 48.5 Å². The van der Waals surface area contributed by atoms with Crippen LogP contribution in [0.3, 0.4) is 0 Å². The first kappa shape index (κ1) is 37.0. The minimum atomic E-state index is -0.662. The molecule has 0 bridgehead atoms. The summed E-state index contributed by atoms with van der Waals surface area (Å²) in [4.78, 5) is 0. The Morgan fingerprint density at radius 1 is 0.308 bits per heavy atom. The fourth-order valence-electron chi connectivity index (χ4n) is 6.64. The zero-order valence-electron chi connectivity index (χ0n) is 30.1. The van der Waals surface area contributed by atoms with Crippen LogP contribution in [0.25, 0.3) is 0 Å². The lowest BCUT2D eigenvalue weighted by atomic mass is 9.80. The van der Waals surface area contributed by atoms with E-state index in [1.54, 1.807) is 48.5 Å². The molecule has 0 radical (unpaired) electrons. The van der Waals surface area contributed by atoms with E-state index < -0.39 is 11.8 Å². The molecule has 0 saturated heterocycles. The van der Waals surface area contributed by atoms with Gasteiger partial charge < -0.3 is 58.3 Å². The fourth-order valence-corrected chi connectivity index (χ4v) is 6.64. The molecule has 12 heteroatoms. The predicted octanol–water partition coefficient (Wildman–Crippen LogP) is 6.94. The number of hydrogen-bond acceptors (Lipinski definition) is 12. The first-order valence-corrected chi connectivity index (χ1v) is 16.0. The summed E-state index contributed by atoms with van der Waals surface area (Å²) < 4.78 is 44.3. The Bertz CT molecular complexity index is 1770. The Morgan fingerprint density at radius 3 is 0.692 bits per heavy atom. The van der Waals surface area contributed by atoms with Gasteiger partial charge in [0, 0.05) is 34.1 Å². The maximum atomic E-state index is 11.1. The smallest absolute Gasteiger partial charge is 0.201 e. The Hall–Kier alpha value is -6.30. The van der Waals surface area contributed by atoms with Crippen LogP contribution < -0.4 is 37.9 Å². The Balaban J connectivity index is 1.79. The molecule has 0 heterocycles. The van der Waals surface area contributed by atoms with Crippen molar-refractivity contribution in [2.75, 3.05) is 56.9 Å². The molecule has 0 saturated carbocycles. The van der Waals surface area contributed by atoms with Gasteiger partial charge in [-0.25, -0.2) is 0 Å². The summed E-state index contributed by atoms with van der Waals surface area (Å²) in [6.45, 7) is 0. The van der Waals surface area contributed by atoms with Gasteiger partial charge in [0.1, 0.15) is 0 Å². The number of phenols is 4. The molecule has 5 aromatic rings. The summed E-state index contributed by atoms with van der Waals surface area (Å²) in [6.07, 6.45) is 0. The average Bonchev–Trinajstić information content (AvgIpc) is 3.16. The molecule has 0 unspecified atom stereocenters. The number of aromatic hydroxyl groups is 4. The van der Waals surface area contributed by atoms with Crippen LogP contribution in [-0.2, 0) is 0 Å². The quantitative estimate of drug-likeness (QED) is 0.0881. The molecule has 0 aliphatic carbocycles. The molecule has 0 aliphatic rings. The van der Waals surface area contributed by atoms with Gasteiger partial charge in [0.2, 0.25) is 23.0 Å². The molecule has 0 aliphatic heterocycles. The molecule has 52 heavy (non-hydrogen) atoms. The van der Waals surface area contributed by atoms with Crippen molar-refractivity contribution < 1.29 is 58.3 Å². The maximum absolute atomic E-state index is 11.1. The Labute approximate surface area is 301 Å². The van der Waals surface area contributed by atoms with Gasteiger partial charge >= 0.3 is 0 Å². The van der Waals surface area contributed by atoms with E-state index in [1.807, 2.05) is 24.3 Å². The van der Waals surface area contributed by atoms with Gasteiger partial charge in [0.15, 0.2) is 46.0 Å². The summed E-state index contributed by atoms with van der Waals surface area (Å²) in [5.41, 5.74) is 3.66. The summed E-state index contributed by atoms with van der Waals surface area (Å²) in [7, 11) is 11.6. The molecule has 5 rings (SSSR count). The predicted molar refractivity (Wildman–Crippen MR) is 193 cm³/mol. The molecule has 0 spiro atoms. The number of methoxy groups -OCH3 is 8. The number of hydrogen-bond donors (Lipinski definition) is 4. The van der Waals surface area contributed by atoms with Gasteiger partial charge in [-0.15, -0.1) is 0 Å². The van der Waals surface area contributed by atoms with Crippen LogP contribution in [-0.4, -0.2) is 77.3 Å². The highest BCUT2D eigenvalue weighted by Crippen LogP contribution is 2.53. The van der Waals surface area contributed by atoms with Crippen LogP contribution in [0.15, 0.2) is 72.8 Å². The van der Waals surface area contributed by atoms with Crippen LogP contribution >= 0.6 is 0 Å². The zero-order valence-corrected chi connectivity index (χ0v) is 30.1. The summed E-state index contributed by atoms with van der Waals surface area (Å²) in [6, 6.07) is 21.2.